The molecule has 0 bridgehead atoms. The molecule has 76 valence electrons. The summed E-state index contributed by atoms with van der Waals surface area (Å²) in [5.74, 6) is 0.00964. The van der Waals surface area contributed by atoms with Gasteiger partial charge in [0.1, 0.15) is 0 Å². The van der Waals surface area contributed by atoms with E-state index >= 15 is 0 Å². The van der Waals surface area contributed by atoms with Crippen molar-refractivity contribution in [2.45, 2.75) is 24.9 Å². The maximum absolute atomic E-state index is 10.6. The van der Waals surface area contributed by atoms with Gasteiger partial charge in [-0.2, -0.15) is 0 Å². The van der Waals surface area contributed by atoms with Crippen molar-refractivity contribution in [3.63, 3.8) is 0 Å². The molecule has 1 aromatic carbocycles. The summed E-state index contributed by atoms with van der Waals surface area (Å²) in [7, 11) is 0. The van der Waals surface area contributed by atoms with E-state index in [9.17, 15) is 4.79 Å². The van der Waals surface area contributed by atoms with Crippen molar-refractivity contribution < 1.29 is 9.90 Å². The van der Waals surface area contributed by atoms with Gasteiger partial charge < -0.3 is 5.11 Å². The number of carboxylic acids is 1. The van der Waals surface area contributed by atoms with Gasteiger partial charge in [-0.1, -0.05) is 29.8 Å². The van der Waals surface area contributed by atoms with Crippen LogP contribution in [-0.2, 0) is 10.5 Å². The Balaban J connectivity index is 2.46. The van der Waals surface area contributed by atoms with Crippen LogP contribution in [0.25, 0.3) is 0 Å². The minimum Gasteiger partial charge on any atom is -0.480 e. The summed E-state index contributed by atoms with van der Waals surface area (Å²) >= 11 is 1.44. The van der Waals surface area contributed by atoms with Crippen molar-refractivity contribution in [3.05, 3.63) is 35.4 Å². The Morgan fingerprint density at radius 2 is 2.00 bits per heavy atom. The monoisotopic (exact) mass is 210 g/mol. The molecule has 1 N–H and O–H groups in total. The Kier molecular flexibility index (Phi) is 4.01. The van der Waals surface area contributed by atoms with Gasteiger partial charge in [0, 0.05) is 5.75 Å². The number of carboxylic acid groups (broad SMARTS) is 1. The Morgan fingerprint density at radius 1 is 1.43 bits per heavy atom. The van der Waals surface area contributed by atoms with Gasteiger partial charge in [-0.15, -0.1) is 11.8 Å². The number of benzene rings is 1. The van der Waals surface area contributed by atoms with Crippen molar-refractivity contribution in [1.82, 2.24) is 0 Å². The zero-order chi connectivity index (χ0) is 10.6. The molecule has 1 atom stereocenters. The van der Waals surface area contributed by atoms with Gasteiger partial charge in [0.2, 0.25) is 0 Å². The van der Waals surface area contributed by atoms with E-state index in [1.165, 1.54) is 22.9 Å². The molecule has 0 aromatic heterocycles. The van der Waals surface area contributed by atoms with Crippen LogP contribution in [0, 0.1) is 6.92 Å². The second-order valence-electron chi connectivity index (χ2n) is 3.28. The van der Waals surface area contributed by atoms with Gasteiger partial charge in [0.05, 0.1) is 5.25 Å². The lowest BCUT2D eigenvalue weighted by atomic mass is 10.2. The van der Waals surface area contributed by atoms with E-state index in [1.807, 2.05) is 31.2 Å². The van der Waals surface area contributed by atoms with Crippen molar-refractivity contribution in [3.8, 4) is 0 Å². The van der Waals surface area contributed by atoms with E-state index in [1.54, 1.807) is 6.92 Å². The summed E-state index contributed by atoms with van der Waals surface area (Å²) in [6.07, 6.45) is 0. The van der Waals surface area contributed by atoms with E-state index in [2.05, 4.69) is 0 Å². The average Bonchev–Trinajstić information content (AvgIpc) is 2.16. The summed E-state index contributed by atoms with van der Waals surface area (Å²) < 4.78 is 0. The van der Waals surface area contributed by atoms with Crippen molar-refractivity contribution in [2.24, 2.45) is 0 Å². The Bertz CT molecular complexity index is 306. The van der Waals surface area contributed by atoms with Crippen LogP contribution >= 0.6 is 11.8 Å². The van der Waals surface area contributed by atoms with E-state index in [-0.39, 0.29) is 5.25 Å². The van der Waals surface area contributed by atoms with Crippen LogP contribution in [0.1, 0.15) is 18.1 Å². The molecule has 0 aliphatic carbocycles. The van der Waals surface area contributed by atoms with Gasteiger partial charge in [-0.3, -0.25) is 4.79 Å². The highest BCUT2D eigenvalue weighted by Gasteiger charge is 2.10. The van der Waals surface area contributed by atoms with Gasteiger partial charge in [-0.25, -0.2) is 0 Å². The highest BCUT2D eigenvalue weighted by Crippen LogP contribution is 2.17. The number of aliphatic carboxylic acids is 1. The molecule has 0 aliphatic heterocycles. The molecule has 0 fully saturated rings. The molecule has 0 spiro atoms. The standard InChI is InChI=1S/C11H14O2S/c1-8-3-5-10(6-4-8)7-14-9(2)11(12)13/h3-6,9H,7H2,1-2H3,(H,12,13)/t9-/m1/s1. The van der Waals surface area contributed by atoms with Crippen molar-refractivity contribution in [2.75, 3.05) is 0 Å². The average molecular weight is 210 g/mol. The van der Waals surface area contributed by atoms with E-state index in [0.29, 0.717) is 0 Å². The lowest BCUT2D eigenvalue weighted by molar-refractivity contribution is -0.136. The van der Waals surface area contributed by atoms with Gasteiger partial charge >= 0.3 is 5.97 Å². The first-order valence-electron chi connectivity index (χ1n) is 4.49. The molecule has 0 unspecified atom stereocenters. The number of carbonyl (C=O) groups is 1. The van der Waals surface area contributed by atoms with Crippen LogP contribution < -0.4 is 0 Å². The van der Waals surface area contributed by atoms with E-state index < -0.39 is 5.97 Å². The molecule has 2 nitrogen and oxygen atoms in total. The SMILES string of the molecule is Cc1ccc(CS[C@H](C)C(=O)O)cc1. The van der Waals surface area contributed by atoms with Crippen LogP contribution in [0.3, 0.4) is 0 Å². The second kappa shape index (κ2) is 5.05. The lowest BCUT2D eigenvalue weighted by Crippen LogP contribution is -2.11. The van der Waals surface area contributed by atoms with Crippen LogP contribution in [-0.4, -0.2) is 16.3 Å². The van der Waals surface area contributed by atoms with Crippen LogP contribution in [0.4, 0.5) is 0 Å². The van der Waals surface area contributed by atoms with Crippen LogP contribution in [0.5, 0.6) is 0 Å². The first-order valence-corrected chi connectivity index (χ1v) is 5.54. The Hall–Kier alpha value is -0.960. The summed E-state index contributed by atoms with van der Waals surface area (Å²) in [6.45, 7) is 3.75. The zero-order valence-corrected chi connectivity index (χ0v) is 9.17. The van der Waals surface area contributed by atoms with Crippen LogP contribution in [0.15, 0.2) is 24.3 Å². The smallest absolute Gasteiger partial charge is 0.316 e. The lowest BCUT2D eigenvalue weighted by Gasteiger charge is -2.05. The third-order valence-electron chi connectivity index (χ3n) is 1.97. The number of rotatable bonds is 4. The molecule has 14 heavy (non-hydrogen) atoms. The number of aryl methyl sites for hydroxylation is 1. The minimum absolute atomic E-state index is 0.337. The topological polar surface area (TPSA) is 37.3 Å². The molecule has 3 heteroatoms. The molecule has 0 saturated carbocycles. The minimum atomic E-state index is -0.748. The molecule has 1 aromatic rings. The van der Waals surface area contributed by atoms with Gasteiger partial charge in [0.25, 0.3) is 0 Å². The normalized spacial score (nSPS) is 12.4. The van der Waals surface area contributed by atoms with Crippen molar-refractivity contribution in [1.29, 1.82) is 0 Å². The Labute approximate surface area is 88.3 Å². The number of hydrogen-bond acceptors (Lipinski definition) is 2. The summed E-state index contributed by atoms with van der Waals surface area (Å²) in [5, 5.41) is 8.35. The summed E-state index contributed by atoms with van der Waals surface area (Å²) in [6, 6.07) is 8.16. The summed E-state index contributed by atoms with van der Waals surface area (Å²) in [5.41, 5.74) is 2.40. The van der Waals surface area contributed by atoms with E-state index in [4.69, 9.17) is 5.11 Å². The molecule has 0 radical (unpaired) electrons. The fraction of sp³-hybridized carbons (Fsp3) is 0.364. The van der Waals surface area contributed by atoms with Gasteiger partial charge in [0.15, 0.2) is 0 Å². The quantitative estimate of drug-likeness (QED) is 0.830. The second-order valence-corrected chi connectivity index (χ2v) is 4.61. The summed E-state index contributed by atoms with van der Waals surface area (Å²) in [4.78, 5) is 10.6. The fourth-order valence-electron chi connectivity index (χ4n) is 0.977. The maximum atomic E-state index is 10.6. The third kappa shape index (κ3) is 3.42. The molecule has 0 aliphatic rings. The van der Waals surface area contributed by atoms with Gasteiger partial charge in [-0.05, 0) is 19.4 Å². The highest BCUT2D eigenvalue weighted by atomic mass is 32.2. The molecule has 0 saturated heterocycles. The van der Waals surface area contributed by atoms with Crippen molar-refractivity contribution >= 4 is 17.7 Å². The number of thioether (sulfide) groups is 1. The van der Waals surface area contributed by atoms with Crippen LogP contribution in [0.2, 0.25) is 0 Å². The highest BCUT2D eigenvalue weighted by molar-refractivity contribution is 7.99. The molecular weight excluding hydrogens is 196 g/mol. The third-order valence-corrected chi connectivity index (χ3v) is 3.17. The zero-order valence-electron chi connectivity index (χ0n) is 8.36. The van der Waals surface area contributed by atoms with E-state index in [0.717, 1.165) is 5.75 Å². The molecular formula is C11H14O2S. The molecule has 0 amide bonds. The molecule has 0 heterocycles. The maximum Gasteiger partial charge on any atom is 0.316 e. The predicted octanol–water partition coefficient (Wildman–Crippen LogP) is 2.70. The first-order chi connectivity index (χ1) is 6.59. The predicted molar refractivity (Wildman–Crippen MR) is 59.6 cm³/mol. The largest absolute Gasteiger partial charge is 0.480 e. The first kappa shape index (κ1) is 11.1. The number of hydrogen-bond donors (Lipinski definition) is 1. The molecule has 1 rings (SSSR count). The fourth-order valence-corrected chi connectivity index (χ4v) is 1.75. The Morgan fingerprint density at radius 3 is 2.50 bits per heavy atom.